The summed E-state index contributed by atoms with van der Waals surface area (Å²) in [6.45, 7) is 4.49. The van der Waals surface area contributed by atoms with E-state index in [0.29, 0.717) is 0 Å². The average molecular weight is 403 g/mol. The molecule has 142 valence electrons. The van der Waals surface area contributed by atoms with Gasteiger partial charge in [0.05, 0.1) is 0 Å². The minimum atomic E-state index is 1.06. The van der Waals surface area contributed by atoms with E-state index in [-0.39, 0.29) is 0 Å². The number of rotatable bonds is 7. The van der Waals surface area contributed by atoms with Crippen LogP contribution in [0.3, 0.4) is 0 Å². The van der Waals surface area contributed by atoms with Crippen molar-refractivity contribution in [3.63, 3.8) is 0 Å². The second-order valence-corrected chi connectivity index (χ2v) is 9.46. The van der Waals surface area contributed by atoms with E-state index in [4.69, 9.17) is 0 Å². The van der Waals surface area contributed by atoms with Crippen LogP contribution in [-0.4, -0.2) is 11.5 Å². The molecule has 0 spiro atoms. The standard InChI is InChI=1S/C26H26S2/c1-3-27-17-21-15-13-19-9-5-7-11-23(19)25(21)26-22(18-28-4-2)16-14-20-10-6-8-12-24(20)26/h5-16H,3-4,17-18H2,1-2H3. The van der Waals surface area contributed by atoms with Gasteiger partial charge in [0.25, 0.3) is 0 Å². The number of hydrogen-bond donors (Lipinski definition) is 0. The summed E-state index contributed by atoms with van der Waals surface area (Å²) in [7, 11) is 0. The van der Waals surface area contributed by atoms with E-state index in [0.717, 1.165) is 23.0 Å². The number of thioether (sulfide) groups is 2. The Morgan fingerprint density at radius 1 is 0.536 bits per heavy atom. The van der Waals surface area contributed by atoms with E-state index < -0.39 is 0 Å². The molecular formula is C26H26S2. The van der Waals surface area contributed by atoms with Crippen molar-refractivity contribution in [1.82, 2.24) is 0 Å². The summed E-state index contributed by atoms with van der Waals surface area (Å²) in [5.74, 6) is 4.39. The van der Waals surface area contributed by atoms with E-state index in [1.54, 1.807) is 0 Å². The maximum Gasteiger partial charge on any atom is 0.0190 e. The van der Waals surface area contributed by atoms with Crippen LogP contribution >= 0.6 is 23.5 Å². The SMILES string of the molecule is CCSCc1ccc2ccccc2c1-c1c(CSCC)ccc2ccccc12. The first-order chi connectivity index (χ1) is 13.8. The van der Waals surface area contributed by atoms with Crippen LogP contribution in [0.15, 0.2) is 72.8 Å². The summed E-state index contributed by atoms with van der Waals surface area (Å²) in [5, 5.41) is 5.39. The molecule has 0 fully saturated rings. The molecule has 0 aliphatic heterocycles. The van der Waals surface area contributed by atoms with Gasteiger partial charge in [-0.05, 0) is 55.3 Å². The van der Waals surface area contributed by atoms with Crippen LogP contribution < -0.4 is 0 Å². The Morgan fingerprint density at radius 2 is 0.964 bits per heavy atom. The summed E-state index contributed by atoms with van der Waals surface area (Å²) >= 11 is 4.00. The zero-order chi connectivity index (χ0) is 19.3. The lowest BCUT2D eigenvalue weighted by Crippen LogP contribution is -1.96. The van der Waals surface area contributed by atoms with E-state index >= 15 is 0 Å². The van der Waals surface area contributed by atoms with Crippen molar-refractivity contribution in [2.24, 2.45) is 0 Å². The number of fused-ring (bicyclic) bond motifs is 2. The third-order valence-corrected chi connectivity index (χ3v) is 7.05. The van der Waals surface area contributed by atoms with Gasteiger partial charge in [0.15, 0.2) is 0 Å². The van der Waals surface area contributed by atoms with Crippen molar-refractivity contribution in [1.29, 1.82) is 0 Å². The summed E-state index contributed by atoms with van der Waals surface area (Å²) in [5.41, 5.74) is 5.76. The molecule has 0 N–H and O–H groups in total. The molecular weight excluding hydrogens is 376 g/mol. The predicted molar refractivity (Wildman–Crippen MR) is 131 cm³/mol. The average Bonchev–Trinajstić information content (AvgIpc) is 2.75. The highest BCUT2D eigenvalue weighted by atomic mass is 32.2. The third-order valence-electron chi connectivity index (χ3n) is 5.20. The molecule has 0 saturated carbocycles. The van der Waals surface area contributed by atoms with Gasteiger partial charge in [-0.3, -0.25) is 0 Å². The summed E-state index contributed by atoms with van der Waals surface area (Å²) in [4.78, 5) is 0. The van der Waals surface area contributed by atoms with Crippen LogP contribution in [0.5, 0.6) is 0 Å². The zero-order valence-corrected chi connectivity index (χ0v) is 18.2. The van der Waals surface area contributed by atoms with E-state index in [2.05, 4.69) is 86.6 Å². The molecule has 28 heavy (non-hydrogen) atoms. The summed E-state index contributed by atoms with van der Waals surface area (Å²) in [6.07, 6.45) is 0. The normalized spacial score (nSPS) is 11.4. The van der Waals surface area contributed by atoms with Crippen LogP contribution in [0.4, 0.5) is 0 Å². The third kappa shape index (κ3) is 3.81. The maximum absolute atomic E-state index is 2.35. The van der Waals surface area contributed by atoms with Gasteiger partial charge in [-0.15, -0.1) is 0 Å². The molecule has 0 bridgehead atoms. The molecule has 0 saturated heterocycles. The van der Waals surface area contributed by atoms with Crippen molar-refractivity contribution in [2.45, 2.75) is 25.4 Å². The number of benzene rings is 4. The Kier molecular flexibility index (Phi) is 6.29. The zero-order valence-electron chi connectivity index (χ0n) is 16.6. The van der Waals surface area contributed by atoms with Crippen LogP contribution in [0.1, 0.15) is 25.0 Å². The van der Waals surface area contributed by atoms with Crippen LogP contribution in [0.2, 0.25) is 0 Å². The summed E-state index contributed by atoms with van der Waals surface area (Å²) < 4.78 is 0. The fourth-order valence-electron chi connectivity index (χ4n) is 3.89. The van der Waals surface area contributed by atoms with Gasteiger partial charge >= 0.3 is 0 Å². The molecule has 0 radical (unpaired) electrons. The number of hydrogen-bond acceptors (Lipinski definition) is 2. The molecule has 0 amide bonds. The topological polar surface area (TPSA) is 0 Å². The lowest BCUT2D eigenvalue weighted by molar-refractivity contribution is 1.37. The van der Waals surface area contributed by atoms with Crippen LogP contribution in [0.25, 0.3) is 32.7 Å². The van der Waals surface area contributed by atoms with Gasteiger partial charge in [0.1, 0.15) is 0 Å². The Bertz CT molecular complexity index is 1010. The van der Waals surface area contributed by atoms with Gasteiger partial charge in [-0.2, -0.15) is 23.5 Å². The summed E-state index contributed by atoms with van der Waals surface area (Å²) in [6, 6.07) is 27.0. The lowest BCUT2D eigenvalue weighted by Gasteiger charge is -2.19. The van der Waals surface area contributed by atoms with Crippen LogP contribution in [0, 0.1) is 0 Å². The largest absolute Gasteiger partial charge is 0.157 e. The molecule has 0 unspecified atom stereocenters. The molecule has 0 aromatic heterocycles. The van der Waals surface area contributed by atoms with E-state index in [9.17, 15) is 0 Å². The van der Waals surface area contributed by atoms with E-state index in [1.807, 2.05) is 23.5 Å². The van der Waals surface area contributed by atoms with Crippen molar-refractivity contribution >= 4 is 45.1 Å². The Labute approximate surface area is 176 Å². The van der Waals surface area contributed by atoms with Gasteiger partial charge in [-0.25, -0.2) is 0 Å². The minimum Gasteiger partial charge on any atom is -0.157 e. The molecule has 0 nitrogen and oxygen atoms in total. The predicted octanol–water partition coefficient (Wildman–Crippen LogP) is 8.17. The van der Waals surface area contributed by atoms with Gasteiger partial charge in [0, 0.05) is 11.5 Å². The first-order valence-electron chi connectivity index (χ1n) is 10.0. The maximum atomic E-state index is 2.35. The van der Waals surface area contributed by atoms with Gasteiger partial charge < -0.3 is 0 Å². The second-order valence-electron chi connectivity index (χ2n) is 6.92. The molecule has 0 heterocycles. The molecule has 0 aliphatic carbocycles. The van der Waals surface area contributed by atoms with Crippen molar-refractivity contribution < 1.29 is 0 Å². The fourth-order valence-corrected chi connectivity index (χ4v) is 5.22. The molecule has 0 aliphatic rings. The molecule has 0 atom stereocenters. The molecule has 4 rings (SSSR count). The highest BCUT2D eigenvalue weighted by molar-refractivity contribution is 7.98. The smallest absolute Gasteiger partial charge is 0.0190 e. The van der Waals surface area contributed by atoms with Gasteiger partial charge in [0.2, 0.25) is 0 Å². The molecule has 2 heteroatoms. The first-order valence-corrected chi connectivity index (χ1v) is 12.3. The van der Waals surface area contributed by atoms with E-state index in [1.165, 1.54) is 43.8 Å². The minimum absolute atomic E-state index is 1.06. The molecule has 4 aromatic rings. The van der Waals surface area contributed by atoms with Gasteiger partial charge in [-0.1, -0.05) is 86.6 Å². The highest BCUT2D eigenvalue weighted by Gasteiger charge is 2.16. The lowest BCUT2D eigenvalue weighted by atomic mass is 9.88. The fraction of sp³-hybridized carbons (Fsp3) is 0.231. The van der Waals surface area contributed by atoms with Crippen LogP contribution in [-0.2, 0) is 11.5 Å². The Balaban J connectivity index is 2.07. The van der Waals surface area contributed by atoms with Crippen molar-refractivity contribution in [3.8, 4) is 11.1 Å². The van der Waals surface area contributed by atoms with Crippen molar-refractivity contribution in [2.75, 3.05) is 11.5 Å². The quantitative estimate of drug-likeness (QED) is 0.306. The Hall–Kier alpha value is -1.90. The molecule has 4 aromatic carbocycles. The highest BCUT2D eigenvalue weighted by Crippen LogP contribution is 2.41. The van der Waals surface area contributed by atoms with Crippen molar-refractivity contribution in [3.05, 3.63) is 83.9 Å². The first kappa shape index (κ1) is 19.4. The monoisotopic (exact) mass is 402 g/mol. The second kappa shape index (κ2) is 9.07. The Morgan fingerprint density at radius 3 is 1.39 bits per heavy atom.